The molecule has 2 aromatic heterocycles. The first-order valence-corrected chi connectivity index (χ1v) is 14.3. The molecule has 220 valence electrons. The number of rotatable bonds is 10. The second kappa shape index (κ2) is 12.6. The highest BCUT2D eigenvalue weighted by atomic mass is 19.1. The van der Waals surface area contributed by atoms with E-state index in [1.165, 1.54) is 11.6 Å². The summed E-state index contributed by atoms with van der Waals surface area (Å²) >= 11 is 0. The summed E-state index contributed by atoms with van der Waals surface area (Å²) in [6.07, 6.45) is 5.45. The topological polar surface area (TPSA) is 84.8 Å². The Bertz CT molecular complexity index is 1340. The third kappa shape index (κ3) is 7.82. The number of hydrogen-bond acceptors (Lipinski definition) is 6. The fourth-order valence-corrected chi connectivity index (χ4v) is 5.17. The molecule has 0 amide bonds. The van der Waals surface area contributed by atoms with Gasteiger partial charge in [0.1, 0.15) is 0 Å². The molecule has 1 aliphatic heterocycles. The maximum atomic E-state index is 15.3. The Morgan fingerprint density at radius 3 is 2.41 bits per heavy atom. The minimum absolute atomic E-state index is 0.0529. The van der Waals surface area contributed by atoms with Crippen molar-refractivity contribution in [3.8, 4) is 17.0 Å². The van der Waals surface area contributed by atoms with E-state index in [2.05, 4.69) is 40.8 Å². The molecule has 41 heavy (non-hydrogen) atoms. The van der Waals surface area contributed by atoms with E-state index in [4.69, 9.17) is 9.47 Å². The molecule has 8 heteroatoms. The third-order valence-electron chi connectivity index (χ3n) is 7.49. The van der Waals surface area contributed by atoms with E-state index in [-0.39, 0.29) is 11.3 Å². The van der Waals surface area contributed by atoms with E-state index in [1.807, 2.05) is 39.0 Å². The Morgan fingerprint density at radius 1 is 1.12 bits per heavy atom. The predicted molar refractivity (Wildman–Crippen MR) is 159 cm³/mol. The van der Waals surface area contributed by atoms with Crippen molar-refractivity contribution in [3.63, 3.8) is 0 Å². The van der Waals surface area contributed by atoms with Crippen LogP contribution in [0.5, 0.6) is 5.88 Å². The number of benzene rings is 1. The van der Waals surface area contributed by atoms with Crippen molar-refractivity contribution < 1.29 is 23.8 Å². The monoisotopic (exact) mass is 563 g/mol. The van der Waals surface area contributed by atoms with Gasteiger partial charge in [-0.1, -0.05) is 44.2 Å². The number of aromatic nitrogens is 2. The third-order valence-corrected chi connectivity index (χ3v) is 7.49. The first kappa shape index (κ1) is 30.4. The second-order valence-electron chi connectivity index (χ2n) is 12.6. The summed E-state index contributed by atoms with van der Waals surface area (Å²) in [6, 6.07) is 11.5. The van der Waals surface area contributed by atoms with Gasteiger partial charge in [0.2, 0.25) is 5.88 Å². The quantitative estimate of drug-likeness (QED) is 0.262. The molecule has 1 aromatic carbocycles. The minimum atomic E-state index is -1.24. The number of ether oxygens (including phenoxy) is 2. The van der Waals surface area contributed by atoms with E-state index in [1.54, 1.807) is 19.3 Å². The van der Waals surface area contributed by atoms with Gasteiger partial charge in [0, 0.05) is 47.9 Å². The summed E-state index contributed by atoms with van der Waals surface area (Å²) in [7, 11) is 0. The summed E-state index contributed by atoms with van der Waals surface area (Å²) in [5, 5.41) is 10.3. The molecular formula is C33H42FN3O4. The summed E-state index contributed by atoms with van der Waals surface area (Å²) < 4.78 is 27.1. The molecule has 3 heterocycles. The van der Waals surface area contributed by atoms with Crippen molar-refractivity contribution in [1.82, 2.24) is 9.97 Å². The van der Waals surface area contributed by atoms with E-state index in [0.717, 1.165) is 38.8 Å². The van der Waals surface area contributed by atoms with E-state index < -0.39 is 23.5 Å². The van der Waals surface area contributed by atoms with Crippen LogP contribution in [0.3, 0.4) is 0 Å². The fourth-order valence-electron chi connectivity index (χ4n) is 5.17. The fraction of sp³-hybridized carbons (Fsp3) is 0.485. The average Bonchev–Trinajstić information content (AvgIpc) is 2.90. The Hall–Kier alpha value is -3.52. The number of piperidine rings is 1. The molecular weight excluding hydrogens is 521 g/mol. The molecule has 0 aliphatic carbocycles. The number of carboxylic acids is 1. The molecule has 1 saturated heterocycles. The zero-order valence-electron chi connectivity index (χ0n) is 25.0. The van der Waals surface area contributed by atoms with Gasteiger partial charge < -0.3 is 19.5 Å². The molecule has 1 atom stereocenters. The molecule has 0 radical (unpaired) electrons. The summed E-state index contributed by atoms with van der Waals surface area (Å²) in [6.45, 7) is 13.6. The first-order valence-electron chi connectivity index (χ1n) is 14.3. The Balaban J connectivity index is 1.68. The molecule has 7 nitrogen and oxygen atoms in total. The average molecular weight is 564 g/mol. The summed E-state index contributed by atoms with van der Waals surface area (Å²) in [5.41, 5.74) is 3.57. The van der Waals surface area contributed by atoms with Gasteiger partial charge in [0.05, 0.1) is 17.9 Å². The molecule has 0 saturated carbocycles. The van der Waals surface area contributed by atoms with Gasteiger partial charge >= 0.3 is 5.97 Å². The maximum Gasteiger partial charge on any atom is 0.337 e. The van der Waals surface area contributed by atoms with Crippen LogP contribution < -0.4 is 9.64 Å². The highest BCUT2D eigenvalue weighted by Crippen LogP contribution is 2.43. The highest BCUT2D eigenvalue weighted by molar-refractivity contribution is 5.86. The lowest BCUT2D eigenvalue weighted by molar-refractivity contribution is -0.160. The number of aliphatic carboxylic acids is 1. The maximum absolute atomic E-state index is 15.3. The largest absolute Gasteiger partial charge is 0.479 e. The number of hydrogen-bond donors (Lipinski definition) is 1. The van der Waals surface area contributed by atoms with Crippen LogP contribution >= 0.6 is 0 Å². The molecule has 0 unspecified atom stereocenters. The van der Waals surface area contributed by atoms with E-state index in [9.17, 15) is 9.90 Å². The number of halogens is 1. The normalized spacial score (nSPS) is 15.9. The van der Waals surface area contributed by atoms with E-state index >= 15 is 4.39 Å². The molecule has 1 N–H and O–H groups in total. The second-order valence-corrected chi connectivity index (χ2v) is 12.6. The van der Waals surface area contributed by atoms with Crippen LogP contribution in [0.25, 0.3) is 11.1 Å². The Labute approximate surface area is 242 Å². The predicted octanol–water partition coefficient (Wildman–Crippen LogP) is 7.17. The molecule has 3 aromatic rings. The Morgan fingerprint density at radius 2 is 1.80 bits per heavy atom. The number of aryl methyl sites for hydroxylation is 2. The van der Waals surface area contributed by atoms with Gasteiger partial charge in [-0.15, -0.1) is 0 Å². The van der Waals surface area contributed by atoms with Crippen molar-refractivity contribution in [3.05, 3.63) is 71.4 Å². The zero-order valence-corrected chi connectivity index (χ0v) is 25.0. The van der Waals surface area contributed by atoms with Gasteiger partial charge in [-0.25, -0.2) is 14.2 Å². The van der Waals surface area contributed by atoms with Crippen molar-refractivity contribution in [2.75, 3.05) is 24.6 Å². The number of carbonyl (C=O) groups is 1. The van der Waals surface area contributed by atoms with Gasteiger partial charge in [0.25, 0.3) is 0 Å². The molecule has 4 rings (SSSR count). The minimum Gasteiger partial charge on any atom is -0.479 e. The van der Waals surface area contributed by atoms with Crippen LogP contribution in [0, 0.1) is 18.2 Å². The van der Waals surface area contributed by atoms with Gasteiger partial charge in [-0.05, 0) is 70.4 Å². The Kier molecular flexibility index (Phi) is 9.32. The lowest BCUT2D eigenvalue weighted by Gasteiger charge is -2.40. The van der Waals surface area contributed by atoms with Crippen molar-refractivity contribution in [1.29, 1.82) is 0 Å². The van der Waals surface area contributed by atoms with Crippen molar-refractivity contribution in [2.45, 2.75) is 78.9 Å². The standard InChI is InChI=1S/C33H42FN3O4/c1-22-27(29(31(38)39)41-32(2,3)4)28(37-16-14-33(5,6)15-17-37)25(21-35-22)24-19-26(34)30(36-20-24)40-18-10-13-23-11-8-7-9-12-23/h7-9,11-12,19-21,29H,10,13-18H2,1-6H3,(H,38,39)/t29-/m0/s1. The first-order chi connectivity index (χ1) is 19.3. The van der Waals surface area contributed by atoms with Crippen molar-refractivity contribution in [2.24, 2.45) is 5.41 Å². The van der Waals surface area contributed by atoms with E-state index in [0.29, 0.717) is 34.7 Å². The van der Waals surface area contributed by atoms with Crippen LogP contribution in [0.15, 0.2) is 48.8 Å². The SMILES string of the molecule is Cc1ncc(-c2cnc(OCCCc3ccccc3)c(F)c2)c(N2CCC(C)(C)CC2)c1[C@H](OC(C)(C)C)C(=O)O. The smallest absolute Gasteiger partial charge is 0.337 e. The van der Waals surface area contributed by atoms with Crippen LogP contribution in [-0.4, -0.2) is 46.3 Å². The molecule has 1 fully saturated rings. The number of carboxylic acid groups (broad SMARTS) is 1. The number of pyridine rings is 2. The summed E-state index contributed by atoms with van der Waals surface area (Å²) in [4.78, 5) is 23.6. The zero-order chi connectivity index (χ0) is 29.8. The lowest BCUT2D eigenvalue weighted by atomic mass is 9.82. The number of anilines is 1. The summed E-state index contributed by atoms with van der Waals surface area (Å²) in [5.74, 6) is -1.72. The molecule has 1 aliphatic rings. The highest BCUT2D eigenvalue weighted by Gasteiger charge is 2.36. The van der Waals surface area contributed by atoms with Crippen LogP contribution in [0.1, 0.15) is 76.8 Å². The molecule has 0 bridgehead atoms. The lowest BCUT2D eigenvalue weighted by Crippen LogP contribution is -2.39. The van der Waals surface area contributed by atoms with Crippen LogP contribution in [0.4, 0.5) is 10.1 Å². The van der Waals surface area contributed by atoms with Gasteiger partial charge in [0.15, 0.2) is 11.9 Å². The number of nitrogens with zero attached hydrogens (tertiary/aromatic N) is 3. The van der Waals surface area contributed by atoms with Crippen LogP contribution in [0.2, 0.25) is 0 Å². The van der Waals surface area contributed by atoms with Crippen molar-refractivity contribution >= 4 is 11.7 Å². The van der Waals surface area contributed by atoms with Gasteiger partial charge in [-0.3, -0.25) is 4.98 Å². The van der Waals surface area contributed by atoms with Gasteiger partial charge in [-0.2, -0.15) is 0 Å². The van der Waals surface area contributed by atoms with Crippen LogP contribution in [-0.2, 0) is 16.0 Å². The molecule has 0 spiro atoms.